The Hall–Kier alpha value is -2.16. The van der Waals surface area contributed by atoms with E-state index in [1.807, 2.05) is 6.92 Å². The molecule has 5 nitrogen and oxygen atoms in total. The Kier molecular flexibility index (Phi) is 6.35. The highest BCUT2D eigenvalue weighted by molar-refractivity contribution is 7.99. The van der Waals surface area contributed by atoms with Crippen molar-refractivity contribution in [1.29, 1.82) is 0 Å². The number of nitrogens with one attached hydrogen (secondary N) is 1. The van der Waals surface area contributed by atoms with Gasteiger partial charge in [-0.1, -0.05) is 17.3 Å². The van der Waals surface area contributed by atoms with E-state index in [-0.39, 0.29) is 23.1 Å². The third-order valence-corrected chi connectivity index (χ3v) is 4.17. The number of benzene rings is 1. The van der Waals surface area contributed by atoms with Crippen molar-refractivity contribution < 1.29 is 27.2 Å². The number of thioether (sulfide) groups is 1. The summed E-state index contributed by atoms with van der Waals surface area (Å²) in [5.74, 6) is 1.04. The van der Waals surface area contributed by atoms with Crippen LogP contribution in [0.2, 0.25) is 0 Å². The molecule has 2 rings (SSSR count). The second-order valence-electron chi connectivity index (χ2n) is 5.24. The Morgan fingerprint density at radius 2 is 2.04 bits per heavy atom. The molecular formula is C16H17F3N2O3S. The molecule has 0 aliphatic heterocycles. The second kappa shape index (κ2) is 8.28. The first-order valence-corrected chi connectivity index (χ1v) is 8.49. The monoisotopic (exact) mass is 374 g/mol. The van der Waals surface area contributed by atoms with Gasteiger partial charge in [0.15, 0.2) is 6.61 Å². The molecule has 1 aromatic heterocycles. The summed E-state index contributed by atoms with van der Waals surface area (Å²) in [6, 6.07) is 6.00. The number of amides is 1. The highest BCUT2D eigenvalue weighted by atomic mass is 32.2. The maximum atomic E-state index is 12.3. The molecule has 0 radical (unpaired) electrons. The van der Waals surface area contributed by atoms with Gasteiger partial charge < -0.3 is 14.6 Å². The predicted octanol–water partition coefficient (Wildman–Crippen LogP) is 4.10. The zero-order valence-electron chi connectivity index (χ0n) is 13.6. The lowest BCUT2D eigenvalue weighted by molar-refractivity contribution is -0.153. The van der Waals surface area contributed by atoms with E-state index in [0.717, 1.165) is 11.3 Å². The van der Waals surface area contributed by atoms with E-state index in [2.05, 4.69) is 10.5 Å². The number of aromatic nitrogens is 1. The van der Waals surface area contributed by atoms with Crippen molar-refractivity contribution >= 4 is 23.4 Å². The summed E-state index contributed by atoms with van der Waals surface area (Å²) in [6.45, 7) is 2.20. The number of hydrogen-bond acceptors (Lipinski definition) is 5. The molecule has 136 valence electrons. The average Bonchev–Trinajstić information content (AvgIpc) is 2.85. The molecule has 1 N–H and O–H groups in total. The molecule has 25 heavy (non-hydrogen) atoms. The molecular weight excluding hydrogens is 357 g/mol. The zero-order chi connectivity index (χ0) is 18.4. The van der Waals surface area contributed by atoms with Crippen LogP contribution in [0.25, 0.3) is 0 Å². The van der Waals surface area contributed by atoms with E-state index in [1.54, 1.807) is 13.0 Å². The highest BCUT2D eigenvalue weighted by Crippen LogP contribution is 2.27. The standard InChI is InChI=1S/C16H17F3N2O3S/c1-10-12(11(2)24-21-10)7-25-8-15(22)20-13-5-3-4-6-14(13)23-9-16(17,18)19/h3-6H,7-9H2,1-2H3,(H,20,22). The number of ether oxygens (including phenoxy) is 1. The van der Waals surface area contributed by atoms with Gasteiger partial charge in [-0.25, -0.2) is 0 Å². The average molecular weight is 374 g/mol. The van der Waals surface area contributed by atoms with Gasteiger partial charge in [0.2, 0.25) is 5.91 Å². The maximum absolute atomic E-state index is 12.3. The number of hydrogen-bond donors (Lipinski definition) is 1. The van der Waals surface area contributed by atoms with Crippen LogP contribution in [0.1, 0.15) is 17.0 Å². The predicted molar refractivity (Wildman–Crippen MR) is 88.8 cm³/mol. The van der Waals surface area contributed by atoms with Gasteiger partial charge in [-0.2, -0.15) is 13.2 Å². The van der Waals surface area contributed by atoms with Crippen molar-refractivity contribution in [2.75, 3.05) is 17.7 Å². The molecule has 1 aromatic carbocycles. The quantitative estimate of drug-likeness (QED) is 0.790. The number of anilines is 1. The first-order valence-electron chi connectivity index (χ1n) is 7.34. The zero-order valence-corrected chi connectivity index (χ0v) is 14.5. The molecule has 0 saturated heterocycles. The van der Waals surface area contributed by atoms with Gasteiger partial charge in [0.25, 0.3) is 0 Å². The van der Waals surface area contributed by atoms with Crippen LogP contribution in [-0.2, 0) is 10.5 Å². The normalized spacial score (nSPS) is 11.4. The van der Waals surface area contributed by atoms with Gasteiger partial charge in [0.1, 0.15) is 11.5 Å². The van der Waals surface area contributed by atoms with Crippen molar-refractivity contribution in [3.05, 3.63) is 41.3 Å². The number of halogens is 3. The Balaban J connectivity index is 1.88. The van der Waals surface area contributed by atoms with Crippen LogP contribution in [0.3, 0.4) is 0 Å². The number of nitrogens with zero attached hydrogens (tertiary/aromatic N) is 1. The van der Waals surface area contributed by atoms with E-state index < -0.39 is 12.8 Å². The summed E-state index contributed by atoms with van der Waals surface area (Å²) < 4.78 is 46.6. The van der Waals surface area contributed by atoms with Gasteiger partial charge >= 0.3 is 6.18 Å². The molecule has 0 atom stereocenters. The number of aryl methyl sites for hydroxylation is 2. The third kappa shape index (κ3) is 6.00. The van der Waals surface area contributed by atoms with E-state index in [4.69, 9.17) is 9.26 Å². The molecule has 9 heteroatoms. The van der Waals surface area contributed by atoms with Crippen molar-refractivity contribution in [2.45, 2.75) is 25.8 Å². The molecule has 0 spiro atoms. The molecule has 0 fully saturated rings. The molecule has 2 aromatic rings. The Labute approximate surface area is 146 Å². The van der Waals surface area contributed by atoms with Crippen molar-refractivity contribution in [3.63, 3.8) is 0 Å². The topological polar surface area (TPSA) is 64.4 Å². The van der Waals surface area contributed by atoms with Gasteiger partial charge in [0, 0.05) is 11.3 Å². The number of carbonyl (C=O) groups excluding carboxylic acids is 1. The fourth-order valence-electron chi connectivity index (χ4n) is 2.00. The number of alkyl halides is 3. The first-order chi connectivity index (χ1) is 11.8. The summed E-state index contributed by atoms with van der Waals surface area (Å²) >= 11 is 1.36. The van der Waals surface area contributed by atoms with Crippen molar-refractivity contribution in [3.8, 4) is 5.75 Å². The van der Waals surface area contributed by atoms with Crippen molar-refractivity contribution in [1.82, 2.24) is 5.16 Å². The second-order valence-corrected chi connectivity index (χ2v) is 6.23. The number of carbonyl (C=O) groups is 1. The molecule has 1 amide bonds. The van der Waals surface area contributed by atoms with Crippen LogP contribution in [0.5, 0.6) is 5.75 Å². The molecule has 0 saturated carbocycles. The van der Waals surface area contributed by atoms with Gasteiger partial charge in [0.05, 0.1) is 17.1 Å². The minimum Gasteiger partial charge on any atom is -0.482 e. The summed E-state index contributed by atoms with van der Waals surface area (Å²) in [4.78, 5) is 12.0. The van der Waals surface area contributed by atoms with Crippen LogP contribution in [0, 0.1) is 13.8 Å². The summed E-state index contributed by atoms with van der Waals surface area (Å²) in [5, 5.41) is 6.40. The first kappa shape index (κ1) is 19.2. The summed E-state index contributed by atoms with van der Waals surface area (Å²) in [5.41, 5.74) is 1.91. The molecule has 0 aliphatic carbocycles. The SMILES string of the molecule is Cc1noc(C)c1CSCC(=O)Nc1ccccc1OCC(F)(F)F. The fraction of sp³-hybridized carbons (Fsp3) is 0.375. The summed E-state index contributed by atoms with van der Waals surface area (Å²) in [6.07, 6.45) is -4.44. The van der Waals surface area contributed by atoms with Crippen LogP contribution >= 0.6 is 11.8 Å². The van der Waals surface area contributed by atoms with Crippen LogP contribution < -0.4 is 10.1 Å². The third-order valence-electron chi connectivity index (χ3n) is 3.21. The van der Waals surface area contributed by atoms with Gasteiger partial charge in [-0.3, -0.25) is 4.79 Å². The largest absolute Gasteiger partial charge is 0.482 e. The Morgan fingerprint density at radius 1 is 1.32 bits per heavy atom. The minimum absolute atomic E-state index is 0.0242. The fourth-order valence-corrected chi connectivity index (χ4v) is 2.97. The lowest BCUT2D eigenvalue weighted by Gasteiger charge is -2.13. The maximum Gasteiger partial charge on any atom is 0.422 e. The molecule has 0 unspecified atom stereocenters. The van der Waals surface area contributed by atoms with Crippen LogP contribution in [-0.4, -0.2) is 29.6 Å². The number of para-hydroxylation sites is 2. The van der Waals surface area contributed by atoms with E-state index in [1.165, 1.54) is 30.0 Å². The van der Waals surface area contributed by atoms with E-state index >= 15 is 0 Å². The highest BCUT2D eigenvalue weighted by Gasteiger charge is 2.28. The summed E-state index contributed by atoms with van der Waals surface area (Å²) in [7, 11) is 0. The lowest BCUT2D eigenvalue weighted by Crippen LogP contribution is -2.20. The van der Waals surface area contributed by atoms with Crippen LogP contribution in [0.4, 0.5) is 18.9 Å². The van der Waals surface area contributed by atoms with Gasteiger partial charge in [-0.15, -0.1) is 11.8 Å². The van der Waals surface area contributed by atoms with E-state index in [9.17, 15) is 18.0 Å². The lowest BCUT2D eigenvalue weighted by atomic mass is 10.2. The smallest absolute Gasteiger partial charge is 0.422 e. The Bertz CT molecular complexity index is 712. The number of rotatable bonds is 7. The molecule has 0 bridgehead atoms. The van der Waals surface area contributed by atoms with Crippen molar-refractivity contribution in [2.24, 2.45) is 0 Å². The molecule has 0 aliphatic rings. The Morgan fingerprint density at radius 3 is 2.68 bits per heavy atom. The van der Waals surface area contributed by atoms with Crippen LogP contribution in [0.15, 0.2) is 28.8 Å². The van der Waals surface area contributed by atoms with E-state index in [0.29, 0.717) is 11.5 Å². The van der Waals surface area contributed by atoms with Gasteiger partial charge in [-0.05, 0) is 26.0 Å². The minimum atomic E-state index is -4.44. The molecule has 1 heterocycles.